The van der Waals surface area contributed by atoms with Crippen LogP contribution in [0.15, 0.2) is 48.5 Å². The molecule has 0 spiro atoms. The van der Waals surface area contributed by atoms with Gasteiger partial charge in [-0.05, 0) is 36.4 Å². The Morgan fingerprint density at radius 1 is 1.07 bits per heavy atom. The molecule has 1 aromatic heterocycles. The number of aliphatic carboxylic acids is 1. The van der Waals surface area contributed by atoms with Crippen molar-refractivity contribution in [2.45, 2.75) is 45.8 Å². The van der Waals surface area contributed by atoms with E-state index in [1.807, 2.05) is 13.8 Å². The fourth-order valence-corrected chi connectivity index (χ4v) is 6.17. The topological polar surface area (TPSA) is 129 Å². The molecular weight excluding hydrogens is 610 g/mol. The van der Waals surface area contributed by atoms with Crippen LogP contribution >= 0.6 is 22.9 Å². The predicted octanol–water partition coefficient (Wildman–Crippen LogP) is 5.73. The number of amides is 1. The maximum atomic E-state index is 14.4. The molecular formula is C32H34ClNO9S. The van der Waals surface area contributed by atoms with Crippen molar-refractivity contribution in [2.75, 3.05) is 32.3 Å². The highest BCUT2D eigenvalue weighted by atomic mass is 35.5. The number of thiophene rings is 1. The van der Waals surface area contributed by atoms with Gasteiger partial charge in [0.1, 0.15) is 12.2 Å². The molecule has 0 saturated carbocycles. The number of Topliss-reactive ketones (excluding diaryl/α,β-unsaturated/α-hetero) is 1. The van der Waals surface area contributed by atoms with Crippen LogP contribution in [-0.4, -0.2) is 62.2 Å². The van der Waals surface area contributed by atoms with Crippen LogP contribution in [-0.2, 0) is 30.3 Å². The number of carbonyl (C=O) groups excluding carboxylic acids is 3. The van der Waals surface area contributed by atoms with Crippen LogP contribution in [0.4, 0.5) is 5.69 Å². The molecule has 0 unspecified atom stereocenters. The van der Waals surface area contributed by atoms with Crippen molar-refractivity contribution < 1.29 is 43.2 Å². The molecule has 0 aliphatic carbocycles. The van der Waals surface area contributed by atoms with E-state index in [2.05, 4.69) is 0 Å². The number of esters is 1. The smallest absolute Gasteiger partial charge is 0.308 e. The monoisotopic (exact) mass is 643 g/mol. The van der Waals surface area contributed by atoms with E-state index in [-0.39, 0.29) is 31.8 Å². The first-order valence-corrected chi connectivity index (χ1v) is 15.0. The molecule has 4 rings (SSSR count). The molecule has 1 aliphatic heterocycles. The molecule has 1 aliphatic rings. The zero-order chi connectivity index (χ0) is 32.2. The summed E-state index contributed by atoms with van der Waals surface area (Å²) in [5, 5.41) is 9.56. The molecule has 0 radical (unpaired) electrons. The van der Waals surface area contributed by atoms with Crippen molar-refractivity contribution in [3.8, 4) is 11.5 Å². The van der Waals surface area contributed by atoms with Gasteiger partial charge in [0.2, 0.25) is 0 Å². The Kier molecular flexibility index (Phi) is 10.3. The first-order valence-electron chi connectivity index (χ1n) is 13.8. The number of fused-ring (bicyclic) bond motifs is 1. The number of benzene rings is 2. The van der Waals surface area contributed by atoms with Gasteiger partial charge in [-0.25, -0.2) is 0 Å². The summed E-state index contributed by atoms with van der Waals surface area (Å²) >= 11 is 7.56. The molecule has 1 N–H and O–H groups in total. The number of carboxylic acids is 1. The average Bonchev–Trinajstić information content (AvgIpc) is 3.40. The second kappa shape index (κ2) is 13.8. The van der Waals surface area contributed by atoms with Gasteiger partial charge in [0, 0.05) is 52.0 Å². The standard InChI is InChI=1S/C32H34ClNO9S/c1-18(35)42-17-32(2,3)16-34-23-11-9-19(33)13-22(23)29(21-7-6-8-25(40-4)30(21)41-5)43-26(31(34)39)15-24(36)27-12-10-20(44-27)14-28(37)38/h6-13,26,29H,14-17H2,1-5H3,(H,37,38)/t26-,29-/m1/s1. The normalized spacial score (nSPS) is 16.6. The van der Waals surface area contributed by atoms with Crippen LogP contribution < -0.4 is 14.4 Å². The number of carboxylic acid groups (broad SMARTS) is 1. The summed E-state index contributed by atoms with van der Waals surface area (Å²) < 4.78 is 23.1. The summed E-state index contributed by atoms with van der Waals surface area (Å²) in [4.78, 5) is 53.0. The van der Waals surface area contributed by atoms with Gasteiger partial charge in [0.15, 0.2) is 17.3 Å². The number of ether oxygens (including phenoxy) is 4. The number of rotatable bonds is 12. The van der Waals surface area contributed by atoms with Crippen molar-refractivity contribution >= 4 is 52.3 Å². The number of hydrogen-bond donors (Lipinski definition) is 1. The predicted molar refractivity (Wildman–Crippen MR) is 165 cm³/mol. The van der Waals surface area contributed by atoms with Crippen molar-refractivity contribution in [3.05, 3.63) is 74.4 Å². The second-order valence-corrected chi connectivity index (χ2v) is 12.7. The molecule has 0 fully saturated rings. The summed E-state index contributed by atoms with van der Waals surface area (Å²) in [6.45, 7) is 5.23. The highest BCUT2D eigenvalue weighted by Gasteiger charge is 2.41. The maximum absolute atomic E-state index is 14.4. The Labute approximate surface area is 264 Å². The Bertz CT molecular complexity index is 1570. The fourth-order valence-electron chi connectivity index (χ4n) is 5.04. The molecule has 2 aromatic carbocycles. The van der Waals surface area contributed by atoms with Crippen molar-refractivity contribution in [3.63, 3.8) is 0 Å². The summed E-state index contributed by atoms with van der Waals surface area (Å²) in [5.74, 6) is -1.45. The molecule has 44 heavy (non-hydrogen) atoms. The van der Waals surface area contributed by atoms with E-state index < -0.39 is 35.5 Å². The molecule has 12 heteroatoms. The average molecular weight is 644 g/mol. The third kappa shape index (κ3) is 7.58. The number of halogens is 1. The van der Waals surface area contributed by atoms with Gasteiger partial charge in [-0.2, -0.15) is 0 Å². The third-order valence-electron chi connectivity index (χ3n) is 7.01. The molecule has 0 saturated heterocycles. The lowest BCUT2D eigenvalue weighted by Gasteiger charge is -2.33. The van der Waals surface area contributed by atoms with Crippen LogP contribution in [0, 0.1) is 5.41 Å². The van der Waals surface area contributed by atoms with Crippen molar-refractivity contribution in [2.24, 2.45) is 5.41 Å². The van der Waals surface area contributed by atoms with E-state index in [0.29, 0.717) is 43.1 Å². The van der Waals surface area contributed by atoms with Gasteiger partial charge >= 0.3 is 11.9 Å². The van der Waals surface area contributed by atoms with E-state index in [1.165, 1.54) is 21.1 Å². The van der Waals surface area contributed by atoms with E-state index in [9.17, 15) is 19.2 Å². The zero-order valence-corrected chi connectivity index (χ0v) is 26.6. The minimum atomic E-state index is -1.25. The summed E-state index contributed by atoms with van der Waals surface area (Å²) in [7, 11) is 3.01. The Balaban J connectivity index is 1.83. The lowest BCUT2D eigenvalue weighted by molar-refractivity contribution is -0.144. The van der Waals surface area contributed by atoms with Gasteiger partial charge in [0.05, 0.1) is 32.1 Å². The van der Waals surface area contributed by atoms with Crippen LogP contribution in [0.3, 0.4) is 0 Å². The molecule has 0 bridgehead atoms. The highest BCUT2D eigenvalue weighted by Crippen LogP contribution is 2.46. The van der Waals surface area contributed by atoms with Crippen LogP contribution in [0.1, 0.15) is 59.0 Å². The van der Waals surface area contributed by atoms with E-state index >= 15 is 0 Å². The molecule has 10 nitrogen and oxygen atoms in total. The van der Waals surface area contributed by atoms with Crippen LogP contribution in [0.2, 0.25) is 5.02 Å². The van der Waals surface area contributed by atoms with E-state index in [4.69, 9.17) is 35.7 Å². The fraction of sp³-hybridized carbons (Fsp3) is 0.375. The van der Waals surface area contributed by atoms with Crippen LogP contribution in [0.5, 0.6) is 11.5 Å². The summed E-state index contributed by atoms with van der Waals surface area (Å²) in [6, 6.07) is 13.5. The first-order chi connectivity index (χ1) is 20.8. The molecule has 234 valence electrons. The number of carbonyl (C=O) groups is 4. The number of nitrogens with zero attached hydrogens (tertiary/aromatic N) is 1. The lowest BCUT2D eigenvalue weighted by atomic mass is 9.92. The molecule has 3 aromatic rings. The number of hydrogen-bond acceptors (Lipinski definition) is 9. The van der Waals surface area contributed by atoms with E-state index in [1.54, 1.807) is 53.4 Å². The number of anilines is 1. The summed E-state index contributed by atoms with van der Waals surface area (Å²) in [6.07, 6.45) is -2.67. The molecule has 1 amide bonds. The quantitative estimate of drug-likeness (QED) is 0.194. The van der Waals surface area contributed by atoms with Gasteiger partial charge < -0.3 is 29.0 Å². The number of methoxy groups -OCH3 is 2. The van der Waals surface area contributed by atoms with Crippen LogP contribution in [0.25, 0.3) is 0 Å². The van der Waals surface area contributed by atoms with Gasteiger partial charge in [0.25, 0.3) is 5.91 Å². The maximum Gasteiger partial charge on any atom is 0.308 e. The Morgan fingerprint density at radius 2 is 1.82 bits per heavy atom. The Morgan fingerprint density at radius 3 is 2.48 bits per heavy atom. The minimum Gasteiger partial charge on any atom is -0.493 e. The third-order valence-corrected chi connectivity index (χ3v) is 8.37. The van der Waals surface area contributed by atoms with Crippen molar-refractivity contribution in [1.82, 2.24) is 0 Å². The van der Waals surface area contributed by atoms with Crippen molar-refractivity contribution in [1.29, 1.82) is 0 Å². The highest BCUT2D eigenvalue weighted by molar-refractivity contribution is 7.14. The SMILES string of the molecule is COc1cccc([C@H]2O[C@H](CC(=O)c3ccc(CC(=O)O)s3)C(=O)N(CC(C)(C)COC(C)=O)c3ccc(Cl)cc32)c1OC. The Hall–Kier alpha value is -3.93. The van der Waals surface area contributed by atoms with E-state index in [0.717, 1.165) is 11.3 Å². The minimum absolute atomic E-state index is 0.0498. The first kappa shape index (κ1) is 33.0. The lowest BCUT2D eigenvalue weighted by Crippen LogP contribution is -2.46. The molecule has 2 atom stereocenters. The number of ketones is 1. The largest absolute Gasteiger partial charge is 0.493 e. The summed E-state index contributed by atoms with van der Waals surface area (Å²) in [5.41, 5.74) is 0.955. The zero-order valence-electron chi connectivity index (χ0n) is 25.0. The van der Waals surface area contributed by atoms with Gasteiger partial charge in [-0.15, -0.1) is 11.3 Å². The van der Waals surface area contributed by atoms with Gasteiger partial charge in [-0.3, -0.25) is 19.2 Å². The number of para-hydroxylation sites is 1. The second-order valence-electron chi connectivity index (χ2n) is 11.1. The van der Waals surface area contributed by atoms with Gasteiger partial charge in [-0.1, -0.05) is 37.6 Å². The molecule has 2 heterocycles.